The van der Waals surface area contributed by atoms with Gasteiger partial charge in [0.25, 0.3) is 0 Å². The minimum atomic E-state index is -4.50. The highest BCUT2D eigenvalue weighted by molar-refractivity contribution is 5.71. The third-order valence-electron chi connectivity index (χ3n) is 4.58. The molecular formula is C17H17F3N6O. The van der Waals surface area contributed by atoms with E-state index in [-0.39, 0.29) is 17.8 Å². The van der Waals surface area contributed by atoms with Crippen LogP contribution in [0.2, 0.25) is 0 Å². The second-order valence-electron chi connectivity index (χ2n) is 6.51. The first-order valence-corrected chi connectivity index (χ1v) is 8.47. The largest absolute Gasteiger partial charge is 0.416 e. The van der Waals surface area contributed by atoms with E-state index in [0.29, 0.717) is 23.9 Å². The number of aromatic nitrogens is 4. The van der Waals surface area contributed by atoms with E-state index in [2.05, 4.69) is 25.6 Å². The topological polar surface area (TPSA) is 87.6 Å². The second kappa shape index (κ2) is 6.69. The molecule has 0 amide bonds. The molecule has 3 aromatic rings. The van der Waals surface area contributed by atoms with Gasteiger partial charge in [-0.1, -0.05) is 18.2 Å². The lowest BCUT2D eigenvalue weighted by molar-refractivity contribution is -0.138. The first-order valence-electron chi connectivity index (χ1n) is 8.47. The summed E-state index contributed by atoms with van der Waals surface area (Å²) in [5, 5.41) is 6.26. The van der Waals surface area contributed by atoms with Crippen molar-refractivity contribution in [2.75, 3.05) is 25.0 Å². The fourth-order valence-electron chi connectivity index (χ4n) is 3.01. The molecule has 1 fully saturated rings. The number of nitrogens with one attached hydrogen (secondary N) is 3. The van der Waals surface area contributed by atoms with Crippen molar-refractivity contribution < 1.29 is 13.2 Å². The lowest BCUT2D eigenvalue weighted by atomic mass is 10.0. The lowest BCUT2D eigenvalue weighted by Crippen LogP contribution is -2.45. The van der Waals surface area contributed by atoms with E-state index in [9.17, 15) is 18.0 Å². The van der Waals surface area contributed by atoms with Crippen LogP contribution in [0.3, 0.4) is 0 Å². The van der Waals surface area contributed by atoms with E-state index in [1.165, 1.54) is 29.0 Å². The summed E-state index contributed by atoms with van der Waals surface area (Å²) in [5.41, 5.74) is -0.656. The van der Waals surface area contributed by atoms with E-state index in [4.69, 9.17) is 0 Å². The fraction of sp³-hybridized carbons (Fsp3) is 0.353. The van der Waals surface area contributed by atoms with E-state index < -0.39 is 17.4 Å². The van der Waals surface area contributed by atoms with Crippen LogP contribution in [-0.4, -0.2) is 39.2 Å². The predicted octanol–water partition coefficient (Wildman–Crippen LogP) is 1.82. The van der Waals surface area contributed by atoms with Gasteiger partial charge in [0.2, 0.25) is 5.95 Å². The van der Waals surface area contributed by atoms with Crippen LogP contribution in [0.4, 0.5) is 19.1 Å². The Morgan fingerprint density at radius 1 is 1.26 bits per heavy atom. The Balaban J connectivity index is 1.67. The van der Waals surface area contributed by atoms with Crippen molar-refractivity contribution in [2.24, 2.45) is 5.92 Å². The molecule has 0 spiro atoms. The van der Waals surface area contributed by atoms with Crippen molar-refractivity contribution in [1.82, 2.24) is 24.8 Å². The van der Waals surface area contributed by atoms with Crippen LogP contribution in [0.25, 0.3) is 11.2 Å². The molecule has 27 heavy (non-hydrogen) atoms. The summed E-state index contributed by atoms with van der Waals surface area (Å²) >= 11 is 0. The summed E-state index contributed by atoms with van der Waals surface area (Å²) in [5.74, 6) is 0.822. The van der Waals surface area contributed by atoms with Crippen molar-refractivity contribution in [1.29, 1.82) is 0 Å². The molecule has 2 aromatic heterocycles. The number of halogens is 3. The molecule has 0 aliphatic carbocycles. The number of rotatable bonds is 5. The molecule has 1 aromatic carbocycles. The first-order chi connectivity index (χ1) is 12.9. The van der Waals surface area contributed by atoms with Crippen LogP contribution < -0.4 is 16.3 Å². The maximum Gasteiger partial charge on any atom is 0.416 e. The molecule has 3 heterocycles. The van der Waals surface area contributed by atoms with Gasteiger partial charge in [0.1, 0.15) is 5.52 Å². The van der Waals surface area contributed by atoms with Gasteiger partial charge in [-0.05, 0) is 11.6 Å². The Morgan fingerprint density at radius 2 is 2.04 bits per heavy atom. The molecule has 0 bridgehead atoms. The molecule has 0 saturated carbocycles. The molecule has 0 radical (unpaired) electrons. The Hall–Kier alpha value is -2.88. The molecule has 0 atom stereocenters. The summed E-state index contributed by atoms with van der Waals surface area (Å²) in [6, 6.07) is 5.20. The summed E-state index contributed by atoms with van der Waals surface area (Å²) < 4.78 is 40.9. The zero-order valence-electron chi connectivity index (χ0n) is 14.2. The van der Waals surface area contributed by atoms with Gasteiger partial charge < -0.3 is 15.6 Å². The van der Waals surface area contributed by atoms with E-state index in [1.807, 2.05) is 0 Å². The summed E-state index contributed by atoms with van der Waals surface area (Å²) in [4.78, 5) is 23.3. The smallest absolute Gasteiger partial charge is 0.354 e. The molecule has 4 rings (SSSR count). The quantitative estimate of drug-likeness (QED) is 0.630. The number of fused-ring (bicyclic) bond motifs is 1. The number of hydrogen-bond acceptors (Lipinski definition) is 5. The van der Waals surface area contributed by atoms with Crippen molar-refractivity contribution in [2.45, 2.75) is 12.7 Å². The zero-order valence-corrected chi connectivity index (χ0v) is 14.2. The highest BCUT2D eigenvalue weighted by Gasteiger charge is 2.33. The monoisotopic (exact) mass is 378 g/mol. The fourth-order valence-corrected chi connectivity index (χ4v) is 3.01. The normalized spacial score (nSPS) is 15.1. The predicted molar refractivity (Wildman–Crippen MR) is 93.5 cm³/mol. The average molecular weight is 378 g/mol. The van der Waals surface area contributed by atoms with Crippen LogP contribution in [-0.2, 0) is 12.7 Å². The molecule has 10 heteroatoms. The molecule has 7 nitrogen and oxygen atoms in total. The lowest BCUT2D eigenvalue weighted by Gasteiger charge is -2.26. The van der Waals surface area contributed by atoms with Gasteiger partial charge in [-0.25, -0.2) is 9.78 Å². The van der Waals surface area contributed by atoms with Gasteiger partial charge in [-0.3, -0.25) is 4.57 Å². The highest BCUT2D eigenvalue weighted by Crippen LogP contribution is 2.32. The van der Waals surface area contributed by atoms with Gasteiger partial charge >= 0.3 is 11.9 Å². The van der Waals surface area contributed by atoms with Gasteiger partial charge in [-0.15, -0.1) is 0 Å². The van der Waals surface area contributed by atoms with Crippen LogP contribution in [0, 0.1) is 5.92 Å². The summed E-state index contributed by atoms with van der Waals surface area (Å²) in [6.45, 7) is 2.28. The standard InChI is InChI=1S/C17H17F3N6O/c18-17(19,20)12-4-2-1-3-11(12)9-26-14-13(24-16(26)27)8-23-15(25-14)22-7-10-5-21-6-10/h1-4,8,10,21H,5-7,9H2,(H,24,27)(H,22,23,25). The third-order valence-corrected chi connectivity index (χ3v) is 4.58. The van der Waals surface area contributed by atoms with E-state index >= 15 is 0 Å². The Bertz CT molecular complexity index is 1020. The molecule has 0 unspecified atom stereocenters. The number of hydrogen-bond donors (Lipinski definition) is 3. The van der Waals surface area contributed by atoms with Gasteiger partial charge in [-0.2, -0.15) is 18.2 Å². The minimum absolute atomic E-state index is 0.00154. The number of nitrogens with zero attached hydrogens (tertiary/aromatic N) is 3. The van der Waals surface area contributed by atoms with Crippen molar-refractivity contribution in [3.63, 3.8) is 0 Å². The SMILES string of the molecule is O=c1[nH]c2cnc(NCC3CNC3)nc2n1Cc1ccccc1C(F)(F)F. The zero-order chi connectivity index (χ0) is 19.0. The molecule has 1 aliphatic rings. The van der Waals surface area contributed by atoms with E-state index in [1.54, 1.807) is 0 Å². The minimum Gasteiger partial charge on any atom is -0.354 e. The second-order valence-corrected chi connectivity index (χ2v) is 6.51. The number of aromatic amines is 1. The maximum atomic E-state index is 13.2. The van der Waals surface area contributed by atoms with Crippen LogP contribution >= 0.6 is 0 Å². The number of alkyl halides is 3. The van der Waals surface area contributed by atoms with E-state index in [0.717, 1.165) is 19.2 Å². The molecule has 3 N–H and O–H groups in total. The maximum absolute atomic E-state index is 13.2. The van der Waals surface area contributed by atoms with Gasteiger partial charge in [0.05, 0.1) is 18.3 Å². The molecule has 1 saturated heterocycles. The average Bonchev–Trinajstić information content (AvgIpc) is 2.88. The molecule has 142 valence electrons. The van der Waals surface area contributed by atoms with Gasteiger partial charge in [0, 0.05) is 25.6 Å². The Morgan fingerprint density at radius 3 is 2.74 bits per heavy atom. The Labute approximate surface area is 151 Å². The number of imidazole rings is 1. The number of anilines is 1. The first kappa shape index (κ1) is 17.5. The van der Waals surface area contributed by atoms with Crippen LogP contribution in [0.1, 0.15) is 11.1 Å². The third kappa shape index (κ3) is 3.52. The van der Waals surface area contributed by atoms with Crippen LogP contribution in [0.5, 0.6) is 0 Å². The Kier molecular flexibility index (Phi) is 4.34. The van der Waals surface area contributed by atoms with Gasteiger partial charge in [0.15, 0.2) is 5.65 Å². The van der Waals surface area contributed by atoms with Crippen molar-refractivity contribution in [3.05, 3.63) is 52.1 Å². The van der Waals surface area contributed by atoms with Crippen LogP contribution in [0.15, 0.2) is 35.3 Å². The highest BCUT2D eigenvalue weighted by atomic mass is 19.4. The number of benzene rings is 1. The molecule has 1 aliphatic heterocycles. The summed E-state index contributed by atoms with van der Waals surface area (Å²) in [7, 11) is 0. The van der Waals surface area contributed by atoms with Crippen molar-refractivity contribution in [3.8, 4) is 0 Å². The molecular weight excluding hydrogens is 361 g/mol. The van der Waals surface area contributed by atoms with Crippen molar-refractivity contribution >= 4 is 17.1 Å². The number of H-pyrrole nitrogens is 1. The summed E-state index contributed by atoms with van der Waals surface area (Å²) in [6.07, 6.45) is -3.04.